The molecular formula is C17H32N2O2. The number of aliphatic hydroxyl groups is 1. The van der Waals surface area contributed by atoms with Crippen molar-refractivity contribution in [1.29, 1.82) is 0 Å². The molecule has 1 aliphatic heterocycles. The average Bonchev–Trinajstić information content (AvgIpc) is 2.91. The van der Waals surface area contributed by atoms with Crippen molar-refractivity contribution in [3.05, 3.63) is 0 Å². The van der Waals surface area contributed by atoms with Gasteiger partial charge in [0.25, 0.3) is 0 Å². The van der Waals surface area contributed by atoms with E-state index in [1.807, 2.05) is 0 Å². The fraction of sp³-hybridized carbons (Fsp3) is 0.941. The number of carbonyl (C=O) groups excluding carboxylic acids is 1. The van der Waals surface area contributed by atoms with E-state index < -0.39 is 5.60 Å². The van der Waals surface area contributed by atoms with Gasteiger partial charge in [-0.25, -0.2) is 0 Å². The van der Waals surface area contributed by atoms with Gasteiger partial charge in [0.15, 0.2) is 0 Å². The van der Waals surface area contributed by atoms with Gasteiger partial charge in [-0.2, -0.15) is 0 Å². The third-order valence-corrected chi connectivity index (χ3v) is 5.47. The van der Waals surface area contributed by atoms with Crippen LogP contribution in [0.4, 0.5) is 0 Å². The van der Waals surface area contributed by atoms with Crippen LogP contribution >= 0.6 is 0 Å². The maximum Gasteiger partial charge on any atom is 0.240 e. The molecule has 0 aromatic carbocycles. The van der Waals surface area contributed by atoms with Crippen LogP contribution in [0.15, 0.2) is 0 Å². The largest absolute Gasteiger partial charge is 0.388 e. The molecule has 122 valence electrons. The summed E-state index contributed by atoms with van der Waals surface area (Å²) in [6.07, 6.45) is 7.48. The average molecular weight is 296 g/mol. The molecule has 1 amide bonds. The summed E-state index contributed by atoms with van der Waals surface area (Å²) < 4.78 is 0. The highest BCUT2D eigenvalue weighted by Gasteiger charge is 2.42. The molecule has 0 aromatic heterocycles. The maximum absolute atomic E-state index is 12.6. The van der Waals surface area contributed by atoms with Crippen molar-refractivity contribution in [2.24, 2.45) is 5.41 Å². The molecule has 1 saturated heterocycles. The standard InChI is InChI=1S/C17H32N2O2/c1-4-6-17(7-5-12-19-17)14(20)18-13-16(21)10-8-15(2,3)9-11-16/h19,21H,4-13H2,1-3H3,(H,18,20). The highest BCUT2D eigenvalue weighted by atomic mass is 16.3. The van der Waals surface area contributed by atoms with Crippen molar-refractivity contribution in [2.45, 2.75) is 83.3 Å². The molecule has 1 atom stereocenters. The van der Waals surface area contributed by atoms with Crippen LogP contribution in [0, 0.1) is 5.41 Å². The molecule has 0 spiro atoms. The first kappa shape index (κ1) is 16.8. The Morgan fingerprint density at radius 1 is 1.19 bits per heavy atom. The highest BCUT2D eigenvalue weighted by Crippen LogP contribution is 2.40. The summed E-state index contributed by atoms with van der Waals surface area (Å²) in [6.45, 7) is 7.94. The Labute approximate surface area is 129 Å². The second-order valence-corrected chi connectivity index (χ2v) is 7.93. The lowest BCUT2D eigenvalue weighted by atomic mass is 9.71. The van der Waals surface area contributed by atoms with Gasteiger partial charge in [0.1, 0.15) is 0 Å². The molecule has 0 bridgehead atoms. The van der Waals surface area contributed by atoms with E-state index >= 15 is 0 Å². The molecule has 1 unspecified atom stereocenters. The minimum atomic E-state index is -0.711. The van der Waals surface area contributed by atoms with E-state index in [9.17, 15) is 9.90 Å². The predicted molar refractivity (Wildman–Crippen MR) is 85.1 cm³/mol. The Morgan fingerprint density at radius 3 is 2.38 bits per heavy atom. The molecule has 1 heterocycles. The van der Waals surface area contributed by atoms with Crippen LogP contribution in [0.1, 0.15) is 72.1 Å². The monoisotopic (exact) mass is 296 g/mol. The fourth-order valence-corrected chi connectivity index (χ4v) is 3.74. The molecule has 0 aromatic rings. The van der Waals surface area contributed by atoms with Gasteiger partial charge in [-0.05, 0) is 56.9 Å². The van der Waals surface area contributed by atoms with Gasteiger partial charge in [-0.15, -0.1) is 0 Å². The second kappa shape index (κ2) is 6.25. The van der Waals surface area contributed by atoms with E-state index in [1.165, 1.54) is 0 Å². The number of hydrogen-bond donors (Lipinski definition) is 3. The lowest BCUT2D eigenvalue weighted by molar-refractivity contribution is -0.129. The SMILES string of the molecule is CCCC1(C(=O)NCC2(O)CCC(C)(C)CC2)CCCN1. The van der Waals surface area contributed by atoms with Gasteiger partial charge in [-0.3, -0.25) is 4.79 Å². The van der Waals surface area contributed by atoms with Gasteiger partial charge in [-0.1, -0.05) is 27.2 Å². The van der Waals surface area contributed by atoms with Crippen molar-refractivity contribution >= 4 is 5.91 Å². The van der Waals surface area contributed by atoms with E-state index in [0.717, 1.165) is 57.9 Å². The molecule has 3 N–H and O–H groups in total. The number of hydrogen-bond acceptors (Lipinski definition) is 3. The molecular weight excluding hydrogens is 264 g/mol. The Kier molecular flexibility index (Phi) is 4.99. The minimum Gasteiger partial charge on any atom is -0.388 e. The zero-order valence-corrected chi connectivity index (χ0v) is 13.9. The fourth-order valence-electron chi connectivity index (χ4n) is 3.74. The van der Waals surface area contributed by atoms with Crippen LogP contribution in [0.2, 0.25) is 0 Å². The minimum absolute atomic E-state index is 0.0834. The van der Waals surface area contributed by atoms with E-state index in [4.69, 9.17) is 0 Å². The smallest absolute Gasteiger partial charge is 0.240 e. The molecule has 2 aliphatic rings. The van der Waals surface area contributed by atoms with E-state index in [1.54, 1.807) is 0 Å². The van der Waals surface area contributed by atoms with E-state index in [2.05, 4.69) is 31.4 Å². The highest BCUT2D eigenvalue weighted by molar-refractivity contribution is 5.86. The first-order valence-corrected chi connectivity index (χ1v) is 8.57. The van der Waals surface area contributed by atoms with Crippen molar-refractivity contribution in [3.8, 4) is 0 Å². The summed E-state index contributed by atoms with van der Waals surface area (Å²) in [7, 11) is 0. The van der Waals surface area contributed by atoms with E-state index in [0.29, 0.717) is 12.0 Å². The number of nitrogens with one attached hydrogen (secondary N) is 2. The van der Waals surface area contributed by atoms with Crippen LogP contribution in [0.3, 0.4) is 0 Å². The van der Waals surface area contributed by atoms with Gasteiger partial charge in [0.2, 0.25) is 5.91 Å². The summed E-state index contributed by atoms with van der Waals surface area (Å²) >= 11 is 0. The molecule has 4 nitrogen and oxygen atoms in total. The van der Waals surface area contributed by atoms with Gasteiger partial charge in [0.05, 0.1) is 11.1 Å². The van der Waals surface area contributed by atoms with Crippen LogP contribution in [-0.2, 0) is 4.79 Å². The molecule has 2 fully saturated rings. The Bertz CT molecular complexity index is 363. The normalized spacial score (nSPS) is 31.0. The topological polar surface area (TPSA) is 61.4 Å². The van der Waals surface area contributed by atoms with Crippen molar-refractivity contribution < 1.29 is 9.90 Å². The summed E-state index contributed by atoms with van der Waals surface area (Å²) in [5, 5.41) is 17.1. The maximum atomic E-state index is 12.6. The lowest BCUT2D eigenvalue weighted by Crippen LogP contribution is -2.56. The lowest BCUT2D eigenvalue weighted by Gasteiger charge is -2.41. The number of carbonyl (C=O) groups is 1. The molecule has 0 radical (unpaired) electrons. The van der Waals surface area contributed by atoms with Crippen LogP contribution < -0.4 is 10.6 Å². The molecule has 21 heavy (non-hydrogen) atoms. The summed E-state index contributed by atoms with van der Waals surface area (Å²) in [5.41, 5.74) is -0.775. The van der Waals surface area contributed by atoms with Crippen LogP contribution in [0.25, 0.3) is 0 Å². The molecule has 2 rings (SSSR count). The molecule has 1 aliphatic carbocycles. The Balaban J connectivity index is 1.88. The second-order valence-electron chi connectivity index (χ2n) is 7.93. The van der Waals surface area contributed by atoms with Gasteiger partial charge in [0, 0.05) is 6.54 Å². The summed E-state index contributed by atoms with van der Waals surface area (Å²) in [5.74, 6) is 0.0834. The van der Waals surface area contributed by atoms with Crippen molar-refractivity contribution in [1.82, 2.24) is 10.6 Å². The zero-order chi connectivity index (χ0) is 15.6. The predicted octanol–water partition coefficient (Wildman–Crippen LogP) is 2.36. The first-order chi connectivity index (χ1) is 9.81. The van der Waals surface area contributed by atoms with Crippen molar-refractivity contribution in [3.63, 3.8) is 0 Å². The zero-order valence-electron chi connectivity index (χ0n) is 13.9. The number of rotatable bonds is 5. The third kappa shape index (κ3) is 3.98. The molecule has 1 saturated carbocycles. The van der Waals surface area contributed by atoms with E-state index in [-0.39, 0.29) is 11.4 Å². The van der Waals surface area contributed by atoms with Crippen molar-refractivity contribution in [2.75, 3.05) is 13.1 Å². The molecule has 4 heteroatoms. The Hall–Kier alpha value is -0.610. The quantitative estimate of drug-likeness (QED) is 0.730. The van der Waals surface area contributed by atoms with Gasteiger partial charge < -0.3 is 15.7 Å². The third-order valence-electron chi connectivity index (χ3n) is 5.47. The summed E-state index contributed by atoms with van der Waals surface area (Å²) in [4.78, 5) is 12.6. The summed E-state index contributed by atoms with van der Waals surface area (Å²) in [6, 6.07) is 0. The Morgan fingerprint density at radius 2 is 1.86 bits per heavy atom. The number of amides is 1. The van der Waals surface area contributed by atoms with Crippen LogP contribution in [-0.4, -0.2) is 35.2 Å². The first-order valence-electron chi connectivity index (χ1n) is 8.57. The van der Waals surface area contributed by atoms with Crippen LogP contribution in [0.5, 0.6) is 0 Å². The van der Waals surface area contributed by atoms with Gasteiger partial charge >= 0.3 is 0 Å².